The summed E-state index contributed by atoms with van der Waals surface area (Å²) in [7, 11) is -16.6. The van der Waals surface area contributed by atoms with Gasteiger partial charge >= 0.3 is 29.2 Å². The fourth-order valence-electron chi connectivity index (χ4n) is 2.32. The first-order valence-electron chi connectivity index (χ1n) is 7.03. The Morgan fingerprint density at radius 3 is 2.29 bits per heavy atom. The highest BCUT2D eigenvalue weighted by Gasteiger charge is 2.46. The van der Waals surface area contributed by atoms with E-state index in [4.69, 9.17) is 14.7 Å². The second kappa shape index (κ2) is 8.00. The molecule has 1 aromatic heterocycles. The Hall–Kier alpha value is -1.05. The van der Waals surface area contributed by atoms with E-state index in [0.717, 1.165) is 0 Å². The topological polar surface area (TPSA) is 215 Å². The first-order valence-corrected chi connectivity index (χ1v) is 11.6. The van der Waals surface area contributed by atoms with E-state index in [1.807, 2.05) is 0 Å². The summed E-state index contributed by atoms with van der Waals surface area (Å²) in [6.07, 6.45) is -1.60. The summed E-state index contributed by atoms with van der Waals surface area (Å²) in [4.78, 5) is 59.2. The largest absolute Gasteiger partial charge is 0.490 e. The summed E-state index contributed by atoms with van der Waals surface area (Å²) in [5, 5.41) is 0. The van der Waals surface area contributed by atoms with Crippen LogP contribution in [0.2, 0.25) is 0 Å². The van der Waals surface area contributed by atoms with Gasteiger partial charge in [0.25, 0.3) is 5.56 Å². The van der Waals surface area contributed by atoms with Gasteiger partial charge in [0.1, 0.15) is 6.17 Å². The Balaban J connectivity index is 1.96. The predicted molar refractivity (Wildman–Crippen MR) is 83.1 cm³/mol. The number of phosphoric ester groups is 1. The van der Waals surface area contributed by atoms with Gasteiger partial charge < -0.3 is 19.6 Å². The molecule has 1 heterocycles. The van der Waals surface area contributed by atoms with Gasteiger partial charge in [-0.3, -0.25) is 18.9 Å². The molecule has 0 amide bonds. The fraction of sp³-hybridized carbons (Fsp3) is 0.556. The Morgan fingerprint density at radius 2 is 1.75 bits per heavy atom. The molecule has 5 atom stereocenters. The van der Waals surface area contributed by atoms with Gasteiger partial charge in [-0.05, 0) is 6.42 Å². The zero-order valence-electron chi connectivity index (χ0n) is 13.3. The highest BCUT2D eigenvalue weighted by Crippen LogP contribution is 2.66. The molecule has 0 aromatic carbocycles. The molecule has 28 heavy (non-hydrogen) atoms. The molecule has 14 nitrogen and oxygen atoms in total. The maximum Gasteiger partial charge on any atom is 0.490 e. The molecule has 2 unspecified atom stereocenters. The van der Waals surface area contributed by atoms with Crippen LogP contribution in [-0.4, -0.2) is 41.9 Å². The van der Waals surface area contributed by atoms with Crippen LogP contribution in [0.1, 0.15) is 12.5 Å². The molecule has 1 saturated carbocycles. The molecule has 0 saturated heterocycles. The number of rotatable bonds is 8. The summed E-state index contributed by atoms with van der Waals surface area (Å²) in [6, 6.07) is -1.21. The van der Waals surface area contributed by atoms with Crippen LogP contribution in [0.15, 0.2) is 15.8 Å². The third kappa shape index (κ3) is 5.97. The molecule has 0 bridgehead atoms. The maximum absolute atomic E-state index is 14.2. The maximum atomic E-state index is 14.2. The van der Waals surface area contributed by atoms with Crippen LogP contribution in [0, 0.1) is 11.7 Å². The van der Waals surface area contributed by atoms with Crippen molar-refractivity contribution in [2.75, 3.05) is 6.61 Å². The number of phosphoric acid groups is 3. The van der Waals surface area contributed by atoms with E-state index < -0.39 is 65.3 Å². The normalized spacial score (nSPS) is 26.9. The van der Waals surface area contributed by atoms with Gasteiger partial charge in [0, 0.05) is 5.92 Å². The van der Waals surface area contributed by atoms with E-state index >= 15 is 0 Å². The van der Waals surface area contributed by atoms with Gasteiger partial charge in [-0.2, -0.15) is 13.0 Å². The van der Waals surface area contributed by atoms with E-state index in [1.54, 1.807) is 4.98 Å². The second-order valence-electron chi connectivity index (χ2n) is 5.54. The monoisotopic (exact) mass is 472 g/mol. The molecular formula is C9H13F2N2O12P3. The first kappa shape index (κ1) is 23.2. The second-order valence-corrected chi connectivity index (χ2v) is 9.96. The van der Waals surface area contributed by atoms with Gasteiger partial charge in [-0.1, -0.05) is 0 Å². The van der Waals surface area contributed by atoms with Gasteiger partial charge in [-0.25, -0.2) is 22.9 Å². The molecule has 5 N–H and O–H groups in total. The minimum atomic E-state index is -5.69. The standard InChI is InChI=1S/C9H13F2N2O12P3/c10-5-2-13(9(15)12-8(5)14)6-1-4(7(6)11)3-23-27(19,20)25-28(21,22)24-26(16,17)18/h2,4,6-7H,1,3H2,(H,19,20)(H,21,22)(H,12,14,15)(H2,16,17,18)/t4-,6-,7-/m0/s1. The van der Waals surface area contributed by atoms with Crippen LogP contribution in [-0.2, 0) is 26.8 Å². The van der Waals surface area contributed by atoms with Crippen LogP contribution in [0.4, 0.5) is 8.78 Å². The molecule has 0 aliphatic heterocycles. The number of hydrogen-bond acceptors (Lipinski definition) is 8. The van der Waals surface area contributed by atoms with Crippen molar-refractivity contribution < 1.29 is 55.2 Å². The summed E-state index contributed by atoms with van der Waals surface area (Å²) < 4.78 is 72.4. The number of nitrogens with one attached hydrogen (secondary N) is 1. The minimum absolute atomic E-state index is 0.206. The summed E-state index contributed by atoms with van der Waals surface area (Å²) in [5.74, 6) is -2.46. The van der Waals surface area contributed by atoms with Crippen LogP contribution >= 0.6 is 23.5 Å². The highest BCUT2D eigenvalue weighted by atomic mass is 31.3. The van der Waals surface area contributed by atoms with Crippen LogP contribution in [0.25, 0.3) is 0 Å². The lowest BCUT2D eigenvalue weighted by Gasteiger charge is -2.39. The molecule has 1 aliphatic rings. The molecule has 1 fully saturated rings. The Kier molecular flexibility index (Phi) is 6.63. The zero-order chi connectivity index (χ0) is 21.5. The van der Waals surface area contributed by atoms with Gasteiger partial charge in [0.05, 0.1) is 18.8 Å². The van der Waals surface area contributed by atoms with E-state index in [9.17, 15) is 37.0 Å². The first-order chi connectivity index (χ1) is 12.6. The van der Waals surface area contributed by atoms with Crippen LogP contribution < -0.4 is 11.2 Å². The number of hydrogen-bond donors (Lipinski definition) is 5. The number of nitrogens with zero attached hydrogens (tertiary/aromatic N) is 1. The summed E-state index contributed by atoms with van der Waals surface area (Å²) in [5.41, 5.74) is -2.37. The number of H-pyrrole nitrogens is 1. The van der Waals surface area contributed by atoms with Crippen molar-refractivity contribution in [3.63, 3.8) is 0 Å². The average Bonchev–Trinajstić information content (AvgIpc) is 2.46. The fourth-order valence-corrected chi connectivity index (χ4v) is 5.39. The molecule has 19 heteroatoms. The van der Waals surface area contributed by atoms with E-state index in [-0.39, 0.29) is 6.42 Å². The van der Waals surface area contributed by atoms with Gasteiger partial charge in [-0.15, -0.1) is 0 Å². The molecule has 160 valence electrons. The van der Waals surface area contributed by atoms with Crippen LogP contribution in [0.3, 0.4) is 0 Å². The number of aromatic amines is 1. The SMILES string of the molecule is O=c1[nH]c(=O)n([C@H]2C[C@@H](COP(=O)(O)OP(=O)(O)OP(=O)(O)O)[C@@H]2F)cc1F. The summed E-state index contributed by atoms with van der Waals surface area (Å²) in [6.45, 7) is -0.873. The minimum Gasteiger partial charge on any atom is -0.302 e. The lowest BCUT2D eigenvalue weighted by molar-refractivity contribution is -0.000921. The van der Waals surface area contributed by atoms with Crippen molar-refractivity contribution in [3.05, 3.63) is 32.9 Å². The third-order valence-corrected chi connectivity index (χ3v) is 7.31. The smallest absolute Gasteiger partial charge is 0.302 e. The molecule has 0 radical (unpaired) electrons. The number of aromatic nitrogens is 2. The molecular weight excluding hydrogens is 459 g/mol. The molecule has 0 spiro atoms. The molecule has 1 aromatic rings. The van der Waals surface area contributed by atoms with Crippen molar-refractivity contribution in [2.24, 2.45) is 5.92 Å². The Morgan fingerprint density at radius 1 is 1.14 bits per heavy atom. The van der Waals surface area contributed by atoms with Gasteiger partial charge in [0.15, 0.2) is 0 Å². The van der Waals surface area contributed by atoms with E-state index in [2.05, 4.69) is 13.1 Å². The Labute approximate surface area is 153 Å². The van der Waals surface area contributed by atoms with Crippen molar-refractivity contribution in [1.82, 2.24) is 9.55 Å². The molecule has 1 aliphatic carbocycles. The van der Waals surface area contributed by atoms with Crippen molar-refractivity contribution in [3.8, 4) is 0 Å². The zero-order valence-corrected chi connectivity index (χ0v) is 16.0. The summed E-state index contributed by atoms with van der Waals surface area (Å²) >= 11 is 0. The quantitative estimate of drug-likeness (QED) is 0.314. The van der Waals surface area contributed by atoms with Crippen molar-refractivity contribution >= 4 is 23.5 Å². The lowest BCUT2D eigenvalue weighted by Crippen LogP contribution is -2.47. The van der Waals surface area contributed by atoms with E-state index in [1.165, 1.54) is 0 Å². The van der Waals surface area contributed by atoms with Crippen LogP contribution in [0.5, 0.6) is 0 Å². The molecule has 2 rings (SSSR count). The average molecular weight is 472 g/mol. The Bertz CT molecular complexity index is 1000. The van der Waals surface area contributed by atoms with Crippen molar-refractivity contribution in [1.29, 1.82) is 0 Å². The third-order valence-electron chi connectivity index (χ3n) is 3.51. The van der Waals surface area contributed by atoms with Gasteiger partial charge in [0.2, 0.25) is 5.82 Å². The lowest BCUT2D eigenvalue weighted by atomic mass is 9.78. The number of halogens is 2. The van der Waals surface area contributed by atoms with E-state index in [0.29, 0.717) is 10.8 Å². The predicted octanol–water partition coefficient (Wildman–Crippen LogP) is -0.0819. The number of alkyl halides is 1. The van der Waals surface area contributed by atoms with Crippen molar-refractivity contribution in [2.45, 2.75) is 18.6 Å². The highest BCUT2D eigenvalue weighted by molar-refractivity contribution is 7.66.